The topological polar surface area (TPSA) is 37.8 Å². The molecule has 0 amide bonds. The maximum atomic E-state index is 4.38. The summed E-state index contributed by atoms with van der Waals surface area (Å²) in [6, 6.07) is 2.51. The van der Waals surface area contributed by atoms with Gasteiger partial charge in [0, 0.05) is 40.4 Å². The summed E-state index contributed by atoms with van der Waals surface area (Å²) in [5.74, 6) is 0.786. The highest BCUT2D eigenvalue weighted by molar-refractivity contribution is 9.10. The van der Waals surface area contributed by atoms with Gasteiger partial charge < -0.3 is 5.32 Å². The second-order valence-electron chi connectivity index (χ2n) is 4.08. The normalized spacial score (nSPS) is 11.1. The Balaban J connectivity index is 2.07. The van der Waals surface area contributed by atoms with E-state index >= 15 is 0 Å². The Hall–Kier alpha value is -0.780. The smallest absolute Gasteiger partial charge is 0.169 e. The quantitative estimate of drug-likeness (QED) is 0.939. The Labute approximate surface area is 113 Å². The maximum Gasteiger partial charge on any atom is 0.169 e. The van der Waals surface area contributed by atoms with Gasteiger partial charge in [-0.3, -0.25) is 0 Å². The van der Waals surface area contributed by atoms with Crippen molar-refractivity contribution in [2.45, 2.75) is 26.4 Å². The van der Waals surface area contributed by atoms with Crippen molar-refractivity contribution in [3.63, 3.8) is 0 Å². The third kappa shape index (κ3) is 3.59. The van der Waals surface area contributed by atoms with Crippen molar-refractivity contribution in [1.29, 1.82) is 0 Å². The van der Waals surface area contributed by atoms with Gasteiger partial charge in [-0.1, -0.05) is 13.8 Å². The van der Waals surface area contributed by atoms with Crippen molar-refractivity contribution in [3.05, 3.63) is 33.9 Å². The van der Waals surface area contributed by atoms with Gasteiger partial charge >= 0.3 is 0 Å². The van der Waals surface area contributed by atoms with E-state index in [1.165, 1.54) is 0 Å². The minimum Gasteiger partial charge on any atom is -0.310 e. The first-order chi connectivity index (χ1) is 8.15. The molecular weight excluding hydrogens is 298 g/mol. The highest BCUT2D eigenvalue weighted by Crippen LogP contribution is 2.26. The summed E-state index contributed by atoms with van der Waals surface area (Å²) in [6.07, 6.45) is 3.76. The molecule has 2 aromatic rings. The molecule has 2 rings (SSSR count). The Kier molecular flexibility index (Phi) is 4.25. The standard InChI is InChI=1S/C12H14BrN3S/c1-8(2)14-4-9-5-15-12(16-6-9)11-3-10(13)7-17-11/h3,5-8,14H,4H2,1-2H3. The molecule has 0 atom stereocenters. The molecule has 0 spiro atoms. The molecule has 0 fully saturated rings. The number of aromatic nitrogens is 2. The van der Waals surface area contributed by atoms with E-state index in [9.17, 15) is 0 Å². The number of hydrogen-bond donors (Lipinski definition) is 1. The van der Waals surface area contributed by atoms with E-state index in [4.69, 9.17) is 0 Å². The molecule has 5 heteroatoms. The molecule has 90 valence electrons. The molecule has 0 unspecified atom stereocenters. The van der Waals surface area contributed by atoms with Crippen LogP contribution in [-0.4, -0.2) is 16.0 Å². The lowest BCUT2D eigenvalue weighted by Crippen LogP contribution is -2.21. The van der Waals surface area contributed by atoms with Crippen LogP contribution < -0.4 is 5.32 Å². The number of hydrogen-bond acceptors (Lipinski definition) is 4. The van der Waals surface area contributed by atoms with Gasteiger partial charge in [0.2, 0.25) is 0 Å². The number of thiophene rings is 1. The molecule has 0 aliphatic carbocycles. The first kappa shape index (κ1) is 12.7. The summed E-state index contributed by atoms with van der Waals surface area (Å²) >= 11 is 5.07. The Morgan fingerprint density at radius 1 is 1.35 bits per heavy atom. The average molecular weight is 312 g/mol. The zero-order valence-corrected chi connectivity index (χ0v) is 12.2. The third-order valence-electron chi connectivity index (χ3n) is 2.21. The molecule has 0 aromatic carbocycles. The van der Waals surface area contributed by atoms with Crippen LogP contribution in [0.5, 0.6) is 0 Å². The molecule has 0 radical (unpaired) electrons. The predicted octanol–water partition coefficient (Wildman–Crippen LogP) is 3.47. The van der Waals surface area contributed by atoms with E-state index in [1.54, 1.807) is 11.3 Å². The van der Waals surface area contributed by atoms with E-state index in [0.29, 0.717) is 6.04 Å². The van der Waals surface area contributed by atoms with Crippen molar-refractivity contribution in [2.75, 3.05) is 0 Å². The molecular formula is C12H14BrN3S. The molecule has 3 nitrogen and oxygen atoms in total. The molecule has 0 aliphatic rings. The van der Waals surface area contributed by atoms with Crippen LogP contribution in [-0.2, 0) is 6.54 Å². The molecule has 17 heavy (non-hydrogen) atoms. The van der Waals surface area contributed by atoms with E-state index in [2.05, 4.69) is 45.1 Å². The zero-order valence-electron chi connectivity index (χ0n) is 9.77. The van der Waals surface area contributed by atoms with Crippen molar-refractivity contribution >= 4 is 27.3 Å². The lowest BCUT2D eigenvalue weighted by atomic mass is 10.3. The fourth-order valence-electron chi connectivity index (χ4n) is 1.33. The minimum absolute atomic E-state index is 0.475. The molecule has 0 saturated carbocycles. The summed E-state index contributed by atoms with van der Waals surface area (Å²) in [7, 11) is 0. The predicted molar refractivity (Wildman–Crippen MR) is 75.0 cm³/mol. The molecule has 2 aromatic heterocycles. The van der Waals surface area contributed by atoms with E-state index in [1.807, 2.05) is 23.8 Å². The first-order valence-electron chi connectivity index (χ1n) is 5.44. The fourth-order valence-corrected chi connectivity index (χ4v) is 2.70. The largest absolute Gasteiger partial charge is 0.310 e. The monoisotopic (exact) mass is 311 g/mol. The highest BCUT2D eigenvalue weighted by Gasteiger charge is 2.04. The lowest BCUT2D eigenvalue weighted by Gasteiger charge is -2.07. The van der Waals surface area contributed by atoms with Gasteiger partial charge in [0.15, 0.2) is 5.82 Å². The zero-order chi connectivity index (χ0) is 12.3. The van der Waals surface area contributed by atoms with Crippen LogP contribution in [0.25, 0.3) is 10.7 Å². The van der Waals surface area contributed by atoms with Crippen LogP contribution in [0, 0.1) is 0 Å². The van der Waals surface area contributed by atoms with Gasteiger partial charge in [-0.25, -0.2) is 9.97 Å². The van der Waals surface area contributed by atoms with Gasteiger partial charge in [0.25, 0.3) is 0 Å². The van der Waals surface area contributed by atoms with Gasteiger partial charge in [-0.05, 0) is 22.0 Å². The van der Waals surface area contributed by atoms with Gasteiger partial charge in [0.05, 0.1) is 4.88 Å². The Bertz CT molecular complexity index is 479. The number of halogens is 1. The van der Waals surface area contributed by atoms with E-state index in [0.717, 1.165) is 27.3 Å². The lowest BCUT2D eigenvalue weighted by molar-refractivity contribution is 0.587. The van der Waals surface area contributed by atoms with E-state index < -0.39 is 0 Å². The average Bonchev–Trinajstić information content (AvgIpc) is 2.74. The van der Waals surface area contributed by atoms with Gasteiger partial charge in [0.1, 0.15) is 0 Å². The van der Waals surface area contributed by atoms with Crippen molar-refractivity contribution < 1.29 is 0 Å². The highest BCUT2D eigenvalue weighted by atomic mass is 79.9. The summed E-state index contributed by atoms with van der Waals surface area (Å²) in [6.45, 7) is 5.06. The van der Waals surface area contributed by atoms with Crippen LogP contribution in [0.3, 0.4) is 0 Å². The van der Waals surface area contributed by atoms with Crippen molar-refractivity contribution in [3.8, 4) is 10.7 Å². The van der Waals surface area contributed by atoms with Gasteiger partial charge in [-0.15, -0.1) is 11.3 Å². The number of rotatable bonds is 4. The third-order valence-corrected chi connectivity index (χ3v) is 3.89. The molecule has 1 N–H and O–H groups in total. The van der Waals surface area contributed by atoms with Crippen LogP contribution in [0.2, 0.25) is 0 Å². The number of nitrogens with zero attached hydrogens (tertiary/aromatic N) is 2. The molecule has 0 saturated heterocycles. The van der Waals surface area contributed by atoms with Crippen LogP contribution in [0.15, 0.2) is 28.3 Å². The Morgan fingerprint density at radius 3 is 2.59 bits per heavy atom. The summed E-state index contributed by atoms with van der Waals surface area (Å²) in [4.78, 5) is 9.84. The van der Waals surface area contributed by atoms with Crippen LogP contribution in [0.1, 0.15) is 19.4 Å². The van der Waals surface area contributed by atoms with Crippen molar-refractivity contribution in [1.82, 2.24) is 15.3 Å². The second kappa shape index (κ2) is 5.71. The Morgan fingerprint density at radius 2 is 2.06 bits per heavy atom. The molecule has 2 heterocycles. The van der Waals surface area contributed by atoms with Crippen LogP contribution >= 0.6 is 27.3 Å². The summed E-state index contributed by atoms with van der Waals surface area (Å²) < 4.78 is 1.08. The van der Waals surface area contributed by atoms with Crippen molar-refractivity contribution in [2.24, 2.45) is 0 Å². The first-order valence-corrected chi connectivity index (χ1v) is 7.11. The molecule has 0 bridgehead atoms. The van der Waals surface area contributed by atoms with Gasteiger partial charge in [-0.2, -0.15) is 0 Å². The molecule has 0 aliphatic heterocycles. The number of nitrogens with one attached hydrogen (secondary N) is 1. The minimum atomic E-state index is 0.475. The van der Waals surface area contributed by atoms with E-state index in [-0.39, 0.29) is 0 Å². The second-order valence-corrected chi connectivity index (χ2v) is 5.91. The van der Waals surface area contributed by atoms with Crippen LogP contribution in [0.4, 0.5) is 0 Å². The SMILES string of the molecule is CC(C)NCc1cnc(-c2cc(Br)cs2)nc1. The summed E-state index contributed by atoms with van der Waals surface area (Å²) in [5.41, 5.74) is 1.11. The fraction of sp³-hybridized carbons (Fsp3) is 0.333. The maximum absolute atomic E-state index is 4.38. The summed E-state index contributed by atoms with van der Waals surface area (Å²) in [5, 5.41) is 5.37.